The molecule has 0 amide bonds. The highest BCUT2D eigenvalue weighted by Crippen LogP contribution is 2.15. The number of halogens is 1. The van der Waals surface area contributed by atoms with E-state index in [0.717, 1.165) is 24.6 Å². The third-order valence-corrected chi connectivity index (χ3v) is 4.57. The second-order valence-corrected chi connectivity index (χ2v) is 6.17. The zero-order valence-electron chi connectivity index (χ0n) is 14.5. The van der Waals surface area contributed by atoms with Gasteiger partial charge in [-0.05, 0) is 50.0 Å². The van der Waals surface area contributed by atoms with Gasteiger partial charge in [-0.25, -0.2) is 4.39 Å². The first kappa shape index (κ1) is 17.7. The number of benzene rings is 1. The number of nitrogens with zero attached hydrogens (tertiary/aromatic N) is 2. The molecule has 1 aromatic rings. The lowest BCUT2D eigenvalue weighted by molar-refractivity contribution is 0.157. The highest BCUT2D eigenvalue weighted by atomic mass is 19.1. The summed E-state index contributed by atoms with van der Waals surface area (Å²) in [4.78, 5) is 6.82. The van der Waals surface area contributed by atoms with E-state index in [1.54, 1.807) is 14.0 Å². The molecule has 0 aromatic heterocycles. The molecule has 1 saturated heterocycles. The molecule has 0 saturated carbocycles. The summed E-state index contributed by atoms with van der Waals surface area (Å²) < 4.78 is 13.3. The number of rotatable bonds is 5. The number of aryl methyl sites for hydroxylation is 1. The van der Waals surface area contributed by atoms with Gasteiger partial charge in [0.1, 0.15) is 5.82 Å². The summed E-state index contributed by atoms with van der Waals surface area (Å²) in [6, 6.07) is 5.78. The minimum absolute atomic E-state index is 0.159. The Hall–Kier alpha value is -1.62. The van der Waals surface area contributed by atoms with Crippen molar-refractivity contribution in [2.24, 2.45) is 4.99 Å². The molecule has 0 bridgehead atoms. The molecule has 2 rings (SSSR count). The molecule has 1 fully saturated rings. The maximum absolute atomic E-state index is 13.3. The minimum Gasteiger partial charge on any atom is -0.355 e. The second-order valence-electron chi connectivity index (χ2n) is 6.17. The molecule has 0 spiro atoms. The smallest absolute Gasteiger partial charge is 0.191 e. The summed E-state index contributed by atoms with van der Waals surface area (Å²) in [5.74, 6) is 0.641. The van der Waals surface area contributed by atoms with E-state index >= 15 is 0 Å². The van der Waals surface area contributed by atoms with Gasteiger partial charge in [-0.1, -0.05) is 25.5 Å². The zero-order chi connectivity index (χ0) is 16.7. The molecule has 1 aliphatic rings. The van der Waals surface area contributed by atoms with Gasteiger partial charge in [-0.3, -0.25) is 9.89 Å². The molecular weight excluding hydrogens is 291 g/mol. The Bertz CT molecular complexity index is 530. The van der Waals surface area contributed by atoms with Gasteiger partial charge < -0.3 is 10.6 Å². The van der Waals surface area contributed by atoms with E-state index in [4.69, 9.17) is 0 Å². The van der Waals surface area contributed by atoms with Gasteiger partial charge >= 0.3 is 0 Å². The number of hydrogen-bond donors (Lipinski definition) is 2. The summed E-state index contributed by atoms with van der Waals surface area (Å²) in [7, 11) is 1.78. The Morgan fingerprint density at radius 3 is 2.87 bits per heavy atom. The van der Waals surface area contributed by atoms with Crippen LogP contribution in [0.1, 0.15) is 37.3 Å². The molecule has 0 radical (unpaired) electrons. The van der Waals surface area contributed by atoms with Crippen molar-refractivity contribution < 1.29 is 4.39 Å². The lowest BCUT2D eigenvalue weighted by atomic mass is 10.0. The van der Waals surface area contributed by atoms with Crippen molar-refractivity contribution in [2.75, 3.05) is 26.7 Å². The number of piperidine rings is 1. The van der Waals surface area contributed by atoms with Crippen LogP contribution < -0.4 is 10.6 Å². The van der Waals surface area contributed by atoms with Crippen molar-refractivity contribution in [3.63, 3.8) is 0 Å². The summed E-state index contributed by atoms with van der Waals surface area (Å²) in [5, 5.41) is 6.73. The number of aliphatic imine (C=N–C) groups is 1. The summed E-state index contributed by atoms with van der Waals surface area (Å²) in [6.45, 7) is 7.87. The topological polar surface area (TPSA) is 39.7 Å². The maximum Gasteiger partial charge on any atom is 0.191 e. The molecule has 23 heavy (non-hydrogen) atoms. The molecule has 1 aliphatic heterocycles. The predicted molar refractivity (Wildman–Crippen MR) is 94.2 cm³/mol. The maximum atomic E-state index is 13.3. The normalized spacial score (nSPS) is 19.7. The van der Waals surface area contributed by atoms with Crippen LogP contribution in [0.3, 0.4) is 0 Å². The van der Waals surface area contributed by atoms with Gasteiger partial charge in [0.2, 0.25) is 0 Å². The Kier molecular flexibility index (Phi) is 6.84. The number of hydrogen-bond acceptors (Lipinski definition) is 2. The first-order valence-corrected chi connectivity index (χ1v) is 8.57. The predicted octanol–water partition coefficient (Wildman–Crippen LogP) is 2.67. The number of likely N-dealkylation sites (tertiary alicyclic amines) is 1. The van der Waals surface area contributed by atoms with Crippen molar-refractivity contribution in [2.45, 2.75) is 45.7 Å². The largest absolute Gasteiger partial charge is 0.355 e. The summed E-state index contributed by atoms with van der Waals surface area (Å²) in [5.41, 5.74) is 1.73. The third-order valence-electron chi connectivity index (χ3n) is 4.57. The van der Waals surface area contributed by atoms with Crippen LogP contribution in [0.5, 0.6) is 0 Å². The highest BCUT2D eigenvalue weighted by molar-refractivity contribution is 5.79. The molecule has 1 aromatic carbocycles. The summed E-state index contributed by atoms with van der Waals surface area (Å²) in [6.07, 6.45) is 3.86. The van der Waals surface area contributed by atoms with Crippen LogP contribution in [0.4, 0.5) is 4.39 Å². The molecular formula is C18H29FN4. The molecule has 128 valence electrons. The molecule has 4 nitrogen and oxygen atoms in total. The monoisotopic (exact) mass is 320 g/mol. The number of nitrogens with one attached hydrogen (secondary N) is 2. The van der Waals surface area contributed by atoms with Crippen molar-refractivity contribution in [3.8, 4) is 0 Å². The number of likely N-dealkylation sites (N-methyl/N-ethyl adjacent to an activating group) is 1. The second kappa shape index (κ2) is 8.87. The quantitative estimate of drug-likeness (QED) is 0.647. The van der Waals surface area contributed by atoms with Gasteiger partial charge in [0.25, 0.3) is 0 Å². The van der Waals surface area contributed by atoms with Crippen LogP contribution in [0, 0.1) is 12.7 Å². The molecule has 1 atom stereocenters. The van der Waals surface area contributed by atoms with Crippen LogP contribution in [-0.4, -0.2) is 43.6 Å². The molecule has 1 heterocycles. The van der Waals surface area contributed by atoms with E-state index in [1.807, 2.05) is 12.1 Å². The lowest BCUT2D eigenvalue weighted by Gasteiger charge is -2.35. The Morgan fingerprint density at radius 2 is 2.17 bits per heavy atom. The van der Waals surface area contributed by atoms with E-state index < -0.39 is 0 Å². The SMILES string of the molecule is CCN1CCCCC1CNC(=NC)NCc1ccc(F)c(C)c1. The van der Waals surface area contributed by atoms with Crippen molar-refractivity contribution >= 4 is 5.96 Å². The van der Waals surface area contributed by atoms with Gasteiger partial charge in [-0.2, -0.15) is 0 Å². The molecule has 2 N–H and O–H groups in total. The molecule has 1 unspecified atom stereocenters. The van der Waals surface area contributed by atoms with E-state index in [0.29, 0.717) is 18.2 Å². The first-order chi connectivity index (χ1) is 11.1. The van der Waals surface area contributed by atoms with Gasteiger partial charge in [0.15, 0.2) is 5.96 Å². The van der Waals surface area contributed by atoms with Crippen LogP contribution in [0.25, 0.3) is 0 Å². The lowest BCUT2D eigenvalue weighted by Crippen LogP contribution is -2.48. The molecule has 5 heteroatoms. The summed E-state index contributed by atoms with van der Waals surface area (Å²) >= 11 is 0. The minimum atomic E-state index is -0.159. The van der Waals surface area contributed by atoms with Gasteiger partial charge in [-0.15, -0.1) is 0 Å². The standard InChI is InChI=1S/C18H29FN4/c1-4-23-10-6-5-7-16(23)13-22-18(20-3)21-12-15-8-9-17(19)14(2)11-15/h8-9,11,16H,4-7,10,12-13H2,1-3H3,(H2,20,21,22). The van der Waals surface area contributed by atoms with Crippen LogP contribution >= 0.6 is 0 Å². The van der Waals surface area contributed by atoms with E-state index in [-0.39, 0.29) is 5.82 Å². The third kappa shape index (κ3) is 5.20. The average Bonchev–Trinajstić information content (AvgIpc) is 2.58. The van der Waals surface area contributed by atoms with Crippen molar-refractivity contribution in [3.05, 3.63) is 35.1 Å². The fourth-order valence-corrected chi connectivity index (χ4v) is 3.15. The number of guanidine groups is 1. The molecule has 0 aliphatic carbocycles. The first-order valence-electron chi connectivity index (χ1n) is 8.57. The van der Waals surface area contributed by atoms with Crippen molar-refractivity contribution in [1.82, 2.24) is 15.5 Å². The zero-order valence-corrected chi connectivity index (χ0v) is 14.5. The van der Waals surface area contributed by atoms with Gasteiger partial charge in [0.05, 0.1) is 0 Å². The van der Waals surface area contributed by atoms with E-state index in [2.05, 4.69) is 27.4 Å². The van der Waals surface area contributed by atoms with E-state index in [1.165, 1.54) is 31.9 Å². The Balaban J connectivity index is 1.82. The fraction of sp³-hybridized carbons (Fsp3) is 0.611. The average molecular weight is 320 g/mol. The van der Waals surface area contributed by atoms with Crippen molar-refractivity contribution in [1.29, 1.82) is 0 Å². The van der Waals surface area contributed by atoms with Crippen LogP contribution in [-0.2, 0) is 6.54 Å². The fourth-order valence-electron chi connectivity index (χ4n) is 3.15. The van der Waals surface area contributed by atoms with Crippen LogP contribution in [0.2, 0.25) is 0 Å². The van der Waals surface area contributed by atoms with Gasteiger partial charge in [0, 0.05) is 26.2 Å². The van der Waals surface area contributed by atoms with E-state index in [9.17, 15) is 4.39 Å². The highest BCUT2D eigenvalue weighted by Gasteiger charge is 2.20. The Morgan fingerprint density at radius 1 is 1.35 bits per heavy atom. The van der Waals surface area contributed by atoms with Crippen LogP contribution in [0.15, 0.2) is 23.2 Å². The Labute approximate surface area is 139 Å².